The largest absolute Gasteiger partial charge is 0.512 e. The Balaban J connectivity index is 1.42. The minimum Gasteiger partial charge on any atom is -0.512 e. The molecule has 1 saturated heterocycles. The summed E-state index contributed by atoms with van der Waals surface area (Å²) in [6, 6.07) is 19.0. The molecule has 0 bridgehead atoms. The first-order valence-electron chi connectivity index (χ1n) is 10.5. The van der Waals surface area contributed by atoms with Crippen LogP contribution in [0.2, 0.25) is 0 Å². The number of aryl methyl sites for hydroxylation is 1. The number of ether oxygens (including phenoxy) is 2. The zero-order valence-electron chi connectivity index (χ0n) is 16.8. The molecule has 0 spiro atoms. The molecular weight excluding hydrogens is 380 g/mol. The van der Waals surface area contributed by atoms with Gasteiger partial charge in [0.1, 0.15) is 12.2 Å². The van der Waals surface area contributed by atoms with Gasteiger partial charge in [0.05, 0.1) is 23.7 Å². The topological polar surface area (TPSA) is 72.8 Å². The number of fused-ring (bicyclic) bond motifs is 1. The molecule has 0 radical (unpaired) electrons. The third kappa shape index (κ3) is 4.56. The molecule has 0 unspecified atom stereocenters. The number of aliphatic hydroxyl groups excluding tert-OH is 1. The highest BCUT2D eigenvalue weighted by Gasteiger charge is 2.53. The Bertz CT molecular complexity index is 906. The Kier molecular flexibility index (Phi) is 6.17. The quantitative estimate of drug-likeness (QED) is 0.412. The van der Waals surface area contributed by atoms with E-state index in [1.165, 1.54) is 5.56 Å². The van der Waals surface area contributed by atoms with Gasteiger partial charge in [-0.25, -0.2) is 4.79 Å². The number of carbonyl (C=O) groups excluding carboxylic acids is 2. The van der Waals surface area contributed by atoms with Gasteiger partial charge in [0.25, 0.3) is 0 Å². The van der Waals surface area contributed by atoms with Gasteiger partial charge in [0.2, 0.25) is 0 Å². The maximum absolute atomic E-state index is 12.5. The van der Waals surface area contributed by atoms with Gasteiger partial charge in [0.15, 0.2) is 0 Å². The summed E-state index contributed by atoms with van der Waals surface area (Å²) in [6.45, 7) is 0. The van der Waals surface area contributed by atoms with Gasteiger partial charge in [-0.1, -0.05) is 48.5 Å². The molecule has 2 fully saturated rings. The minimum atomic E-state index is -0.508. The van der Waals surface area contributed by atoms with Crippen molar-refractivity contribution in [2.75, 3.05) is 0 Å². The SMILES string of the molecule is O=C1C[C@@H]2[C@@H](/C(O)=C/CCCc3ccccc3)[C@H](OC(=O)c3ccccc3)C[C@@H]2O1. The zero-order chi connectivity index (χ0) is 20.9. The molecule has 4 rings (SSSR count). The fourth-order valence-corrected chi connectivity index (χ4v) is 4.51. The van der Waals surface area contributed by atoms with Crippen LogP contribution in [0.5, 0.6) is 0 Å². The number of benzene rings is 2. The lowest BCUT2D eigenvalue weighted by molar-refractivity contribution is -0.141. The number of allylic oxidation sites excluding steroid dienone is 1. The highest BCUT2D eigenvalue weighted by atomic mass is 16.6. The Morgan fingerprint density at radius 1 is 1.10 bits per heavy atom. The molecule has 1 aliphatic carbocycles. The van der Waals surface area contributed by atoms with Crippen LogP contribution < -0.4 is 0 Å². The first-order chi connectivity index (χ1) is 14.6. The smallest absolute Gasteiger partial charge is 0.338 e. The van der Waals surface area contributed by atoms with Crippen LogP contribution in [0.3, 0.4) is 0 Å². The van der Waals surface area contributed by atoms with Crippen molar-refractivity contribution in [2.45, 2.75) is 44.3 Å². The van der Waals surface area contributed by atoms with E-state index in [-0.39, 0.29) is 30.2 Å². The summed E-state index contributed by atoms with van der Waals surface area (Å²) in [4.78, 5) is 24.3. The summed E-state index contributed by atoms with van der Waals surface area (Å²) >= 11 is 0. The molecule has 1 N–H and O–H groups in total. The summed E-state index contributed by atoms with van der Waals surface area (Å²) in [7, 11) is 0. The van der Waals surface area contributed by atoms with Crippen LogP contribution in [-0.4, -0.2) is 29.3 Å². The van der Waals surface area contributed by atoms with Crippen molar-refractivity contribution >= 4 is 11.9 Å². The molecule has 4 atom stereocenters. The lowest BCUT2D eigenvalue weighted by Gasteiger charge is -2.22. The van der Waals surface area contributed by atoms with Crippen LogP contribution in [0.15, 0.2) is 72.5 Å². The van der Waals surface area contributed by atoms with Crippen molar-refractivity contribution in [3.05, 3.63) is 83.6 Å². The number of carbonyl (C=O) groups is 2. The fourth-order valence-electron chi connectivity index (χ4n) is 4.51. The van der Waals surface area contributed by atoms with Gasteiger partial charge in [-0.15, -0.1) is 0 Å². The Labute approximate surface area is 176 Å². The second-order valence-corrected chi connectivity index (χ2v) is 7.97. The van der Waals surface area contributed by atoms with E-state index in [1.54, 1.807) is 24.3 Å². The van der Waals surface area contributed by atoms with Crippen molar-refractivity contribution < 1.29 is 24.2 Å². The molecule has 156 valence electrons. The zero-order valence-corrected chi connectivity index (χ0v) is 16.8. The number of esters is 2. The number of hydrogen-bond donors (Lipinski definition) is 1. The molecule has 2 aliphatic rings. The van der Waals surface area contributed by atoms with E-state index in [0.29, 0.717) is 18.4 Å². The second-order valence-electron chi connectivity index (χ2n) is 7.97. The molecule has 5 heteroatoms. The monoisotopic (exact) mass is 406 g/mol. The molecule has 1 heterocycles. The lowest BCUT2D eigenvalue weighted by Crippen LogP contribution is -2.27. The number of aliphatic hydroxyl groups is 1. The van der Waals surface area contributed by atoms with Crippen molar-refractivity contribution in [3.63, 3.8) is 0 Å². The van der Waals surface area contributed by atoms with Crippen molar-refractivity contribution in [1.82, 2.24) is 0 Å². The average Bonchev–Trinajstić information content (AvgIpc) is 3.27. The third-order valence-corrected chi connectivity index (χ3v) is 5.96. The van der Waals surface area contributed by atoms with E-state index in [2.05, 4.69) is 12.1 Å². The van der Waals surface area contributed by atoms with Gasteiger partial charge in [-0.05, 0) is 43.0 Å². The number of rotatable bonds is 7. The first-order valence-corrected chi connectivity index (χ1v) is 10.5. The van der Waals surface area contributed by atoms with E-state index in [4.69, 9.17) is 9.47 Å². The highest BCUT2D eigenvalue weighted by molar-refractivity contribution is 5.89. The summed E-state index contributed by atoms with van der Waals surface area (Å²) < 4.78 is 11.1. The van der Waals surface area contributed by atoms with Crippen molar-refractivity contribution in [3.8, 4) is 0 Å². The maximum Gasteiger partial charge on any atom is 0.338 e. The molecular formula is C25H26O5. The van der Waals surface area contributed by atoms with Crippen molar-refractivity contribution in [1.29, 1.82) is 0 Å². The fraction of sp³-hybridized carbons (Fsp3) is 0.360. The summed E-state index contributed by atoms with van der Waals surface area (Å²) in [5.41, 5.74) is 1.73. The molecule has 1 saturated carbocycles. The van der Waals surface area contributed by atoms with Crippen LogP contribution in [0.4, 0.5) is 0 Å². The molecule has 0 aromatic heterocycles. The predicted molar refractivity (Wildman–Crippen MR) is 112 cm³/mol. The first kappa shape index (κ1) is 20.2. The Morgan fingerprint density at radius 2 is 1.80 bits per heavy atom. The molecule has 30 heavy (non-hydrogen) atoms. The summed E-state index contributed by atoms with van der Waals surface area (Å²) in [5.74, 6) is -1.05. The summed E-state index contributed by atoms with van der Waals surface area (Å²) in [5, 5.41) is 10.8. The minimum absolute atomic E-state index is 0.156. The van der Waals surface area contributed by atoms with E-state index in [9.17, 15) is 14.7 Å². The predicted octanol–water partition coefficient (Wildman–Crippen LogP) is 4.63. The van der Waals surface area contributed by atoms with Gasteiger partial charge in [0, 0.05) is 12.3 Å². The lowest BCUT2D eigenvalue weighted by atomic mass is 9.89. The Morgan fingerprint density at radius 3 is 2.53 bits per heavy atom. The molecule has 2 aromatic carbocycles. The van der Waals surface area contributed by atoms with E-state index < -0.39 is 18.0 Å². The van der Waals surface area contributed by atoms with Crippen LogP contribution in [0, 0.1) is 11.8 Å². The average molecular weight is 406 g/mol. The highest BCUT2D eigenvalue weighted by Crippen LogP contribution is 2.45. The van der Waals surface area contributed by atoms with Gasteiger partial charge in [-0.3, -0.25) is 4.79 Å². The van der Waals surface area contributed by atoms with Crippen LogP contribution in [0.25, 0.3) is 0 Å². The van der Waals surface area contributed by atoms with Crippen LogP contribution in [-0.2, 0) is 20.7 Å². The van der Waals surface area contributed by atoms with E-state index in [1.807, 2.05) is 30.3 Å². The number of hydrogen-bond acceptors (Lipinski definition) is 5. The second kappa shape index (κ2) is 9.16. The standard InChI is InChI=1S/C25H26O5/c26-20(14-8-7-11-17-9-3-1-4-10-17)24-19-15-23(27)29-21(19)16-22(24)30-25(28)18-12-5-2-6-13-18/h1-6,9-10,12-14,19,21-22,24,26H,7-8,11,15-16H2/b20-14-/t19-,21-,22+,24-/m0/s1. The van der Waals surface area contributed by atoms with Gasteiger partial charge in [-0.2, -0.15) is 0 Å². The normalized spacial score (nSPS) is 25.6. The van der Waals surface area contributed by atoms with E-state index >= 15 is 0 Å². The third-order valence-electron chi connectivity index (χ3n) is 5.96. The summed E-state index contributed by atoms with van der Waals surface area (Å²) in [6.07, 6.45) is 4.19. The van der Waals surface area contributed by atoms with Crippen molar-refractivity contribution in [2.24, 2.45) is 11.8 Å². The molecule has 5 nitrogen and oxygen atoms in total. The Hall–Kier alpha value is -3.08. The van der Waals surface area contributed by atoms with Crippen LogP contribution >= 0.6 is 0 Å². The number of unbranched alkanes of at least 4 members (excludes halogenated alkanes) is 1. The molecule has 2 aromatic rings. The van der Waals surface area contributed by atoms with E-state index in [0.717, 1.165) is 12.8 Å². The maximum atomic E-state index is 12.5. The molecule has 0 amide bonds. The molecule has 1 aliphatic heterocycles. The van der Waals surface area contributed by atoms with Gasteiger partial charge >= 0.3 is 11.9 Å². The van der Waals surface area contributed by atoms with Gasteiger partial charge < -0.3 is 14.6 Å². The van der Waals surface area contributed by atoms with Crippen LogP contribution in [0.1, 0.15) is 41.6 Å².